The number of rotatable bonds is 6. The molecule has 1 atom stereocenters. The van der Waals surface area contributed by atoms with Gasteiger partial charge in [-0.2, -0.15) is 0 Å². The van der Waals surface area contributed by atoms with Crippen LogP contribution >= 0.6 is 0 Å². The van der Waals surface area contributed by atoms with Gasteiger partial charge in [-0.05, 0) is 13.0 Å². The molecule has 0 spiro atoms. The highest BCUT2D eigenvalue weighted by Gasteiger charge is 2.10. The number of nitrogens with two attached hydrogens (primary N) is 1. The highest BCUT2D eigenvalue weighted by Crippen LogP contribution is 1.91. The largest absolute Gasteiger partial charge is 0.345 e. The number of carbonyl (C=O) groups is 1. The average molecular weight is 206 g/mol. The number of nitrogens with zero attached hydrogens (tertiary/aromatic N) is 1. The minimum atomic E-state index is -1.01. The molecule has 0 fully saturated rings. The van der Waals surface area contributed by atoms with Crippen LogP contribution < -0.4 is 5.73 Å². The van der Waals surface area contributed by atoms with Crippen LogP contribution in [0.1, 0.15) is 13.3 Å². The van der Waals surface area contributed by atoms with Gasteiger partial charge >= 0.3 is 0 Å². The van der Waals surface area contributed by atoms with Gasteiger partial charge in [-0.1, -0.05) is 6.92 Å². The van der Waals surface area contributed by atoms with Crippen molar-refractivity contribution in [3.05, 3.63) is 0 Å². The van der Waals surface area contributed by atoms with E-state index in [9.17, 15) is 9.00 Å². The topological polar surface area (TPSA) is 63.4 Å². The summed E-state index contributed by atoms with van der Waals surface area (Å²) < 4.78 is 11.0. The van der Waals surface area contributed by atoms with E-state index in [1.165, 1.54) is 0 Å². The minimum Gasteiger partial charge on any atom is -0.345 e. The first kappa shape index (κ1) is 12.6. The fourth-order valence-electron chi connectivity index (χ4n) is 0.803. The highest BCUT2D eigenvalue weighted by atomic mass is 32.2. The van der Waals surface area contributed by atoms with Crippen molar-refractivity contribution in [2.45, 2.75) is 13.3 Å². The molecule has 13 heavy (non-hydrogen) atoms. The van der Waals surface area contributed by atoms with Gasteiger partial charge in [-0.15, -0.1) is 0 Å². The van der Waals surface area contributed by atoms with Crippen LogP contribution in [-0.2, 0) is 15.6 Å². The Balaban J connectivity index is 3.75. The van der Waals surface area contributed by atoms with Gasteiger partial charge in [0.05, 0.1) is 0 Å². The van der Waals surface area contributed by atoms with Crippen LogP contribution in [0.3, 0.4) is 0 Å². The Morgan fingerprint density at radius 1 is 1.54 bits per heavy atom. The summed E-state index contributed by atoms with van der Waals surface area (Å²) in [5.74, 6) is 0.613. The summed E-state index contributed by atoms with van der Waals surface area (Å²) in [6.45, 7) is 3.04. The summed E-state index contributed by atoms with van der Waals surface area (Å²) in [4.78, 5) is 12.9. The molecule has 0 aromatic carbocycles. The van der Waals surface area contributed by atoms with E-state index in [2.05, 4.69) is 0 Å². The van der Waals surface area contributed by atoms with Gasteiger partial charge in [0, 0.05) is 30.1 Å². The predicted octanol–water partition coefficient (Wildman–Crippen LogP) is -0.438. The zero-order chi connectivity index (χ0) is 10.3. The second kappa shape index (κ2) is 7.03. The molecule has 1 unspecified atom stereocenters. The molecule has 5 heteroatoms. The maximum atomic E-state index is 11.3. The van der Waals surface area contributed by atoms with Crippen molar-refractivity contribution >= 4 is 16.7 Å². The Labute approximate surface area is 81.9 Å². The Morgan fingerprint density at radius 2 is 2.15 bits per heavy atom. The molecule has 0 aromatic heterocycles. The summed E-state index contributed by atoms with van der Waals surface area (Å²) >= 11 is 0. The van der Waals surface area contributed by atoms with E-state index in [1.54, 1.807) is 11.9 Å². The third-order valence-electron chi connectivity index (χ3n) is 1.73. The second-order valence-corrected chi connectivity index (χ2v) is 4.58. The zero-order valence-electron chi connectivity index (χ0n) is 8.28. The molecule has 0 saturated heterocycles. The van der Waals surface area contributed by atoms with Gasteiger partial charge in [-0.3, -0.25) is 9.00 Å². The van der Waals surface area contributed by atoms with E-state index < -0.39 is 10.8 Å². The lowest BCUT2D eigenvalue weighted by Crippen LogP contribution is -2.32. The third-order valence-corrected chi connectivity index (χ3v) is 2.94. The normalized spacial score (nSPS) is 12.5. The average Bonchev–Trinajstić information content (AvgIpc) is 2.13. The Bertz CT molecular complexity index is 185. The first-order valence-corrected chi connectivity index (χ1v) is 5.89. The van der Waals surface area contributed by atoms with Crippen LogP contribution in [0.2, 0.25) is 0 Å². The van der Waals surface area contributed by atoms with Crippen molar-refractivity contribution in [1.82, 2.24) is 4.90 Å². The number of hydrogen-bond donors (Lipinski definition) is 1. The smallest absolute Gasteiger partial charge is 0.234 e. The third kappa shape index (κ3) is 5.76. The van der Waals surface area contributed by atoms with Gasteiger partial charge in [0.15, 0.2) is 0 Å². The van der Waals surface area contributed by atoms with Crippen LogP contribution in [0.25, 0.3) is 0 Å². The minimum absolute atomic E-state index is 0.0615. The number of carbonyl (C=O) groups excluding carboxylic acids is 1. The fraction of sp³-hybridized carbons (Fsp3) is 0.875. The molecule has 0 saturated carbocycles. The zero-order valence-corrected chi connectivity index (χ0v) is 9.10. The lowest BCUT2D eigenvalue weighted by molar-refractivity contribution is -0.127. The molecule has 0 aliphatic heterocycles. The van der Waals surface area contributed by atoms with Crippen LogP contribution in [-0.4, -0.2) is 46.7 Å². The number of hydrogen-bond acceptors (Lipinski definition) is 3. The summed E-state index contributed by atoms with van der Waals surface area (Å²) in [5, 5.41) is 0. The lowest BCUT2D eigenvalue weighted by Gasteiger charge is -2.15. The van der Waals surface area contributed by atoms with Crippen LogP contribution in [0.4, 0.5) is 0 Å². The first-order chi connectivity index (χ1) is 6.11. The molecule has 0 bridgehead atoms. The summed E-state index contributed by atoms with van der Waals surface area (Å²) in [6.07, 6.45) is 0.793. The maximum absolute atomic E-state index is 11.3. The predicted molar refractivity (Wildman–Crippen MR) is 54.9 cm³/mol. The van der Waals surface area contributed by atoms with Gasteiger partial charge in [0.25, 0.3) is 0 Å². The summed E-state index contributed by atoms with van der Waals surface area (Å²) in [6, 6.07) is 0. The molecule has 0 aromatic rings. The van der Waals surface area contributed by atoms with Crippen molar-refractivity contribution in [1.29, 1.82) is 0 Å². The standard InChI is InChI=1S/C8H18N2O2S/c1-3-13(12)7-8(11)10(2)6-4-5-9/h3-7,9H2,1-2H3. The molecule has 1 amide bonds. The molecular weight excluding hydrogens is 188 g/mol. The van der Waals surface area contributed by atoms with Gasteiger partial charge in [0.2, 0.25) is 5.91 Å². The Hall–Kier alpha value is -0.420. The first-order valence-electron chi connectivity index (χ1n) is 4.40. The molecule has 78 valence electrons. The maximum Gasteiger partial charge on any atom is 0.234 e. The van der Waals surface area contributed by atoms with Crippen LogP contribution in [0.15, 0.2) is 0 Å². The fourth-order valence-corrected chi connectivity index (χ4v) is 1.50. The molecule has 0 rings (SSSR count). The molecule has 2 N–H and O–H groups in total. The molecular formula is C8H18N2O2S. The summed E-state index contributed by atoms with van der Waals surface area (Å²) in [5.41, 5.74) is 5.31. The molecule has 4 nitrogen and oxygen atoms in total. The monoisotopic (exact) mass is 206 g/mol. The number of amides is 1. The van der Waals surface area contributed by atoms with Gasteiger partial charge in [0.1, 0.15) is 5.75 Å². The highest BCUT2D eigenvalue weighted by molar-refractivity contribution is 7.85. The van der Waals surface area contributed by atoms with E-state index in [1.807, 2.05) is 6.92 Å². The van der Waals surface area contributed by atoms with Gasteiger partial charge in [-0.25, -0.2) is 0 Å². The van der Waals surface area contributed by atoms with E-state index >= 15 is 0 Å². The van der Waals surface area contributed by atoms with Crippen molar-refractivity contribution in [2.75, 3.05) is 31.6 Å². The van der Waals surface area contributed by atoms with Crippen molar-refractivity contribution < 1.29 is 9.00 Å². The van der Waals surface area contributed by atoms with E-state index in [0.717, 1.165) is 6.42 Å². The Morgan fingerprint density at radius 3 is 2.62 bits per heavy atom. The van der Waals surface area contributed by atoms with Crippen molar-refractivity contribution in [3.63, 3.8) is 0 Å². The van der Waals surface area contributed by atoms with E-state index in [-0.39, 0.29) is 11.7 Å². The quantitative estimate of drug-likeness (QED) is 0.641. The SMILES string of the molecule is CCS(=O)CC(=O)N(C)CCCN. The molecule has 0 radical (unpaired) electrons. The van der Waals surface area contributed by atoms with E-state index in [0.29, 0.717) is 18.8 Å². The van der Waals surface area contributed by atoms with Crippen molar-refractivity contribution in [2.24, 2.45) is 5.73 Å². The second-order valence-electron chi connectivity index (χ2n) is 2.83. The van der Waals surface area contributed by atoms with E-state index in [4.69, 9.17) is 5.73 Å². The van der Waals surface area contributed by atoms with Crippen LogP contribution in [0, 0.1) is 0 Å². The molecule has 0 aliphatic rings. The van der Waals surface area contributed by atoms with Gasteiger partial charge < -0.3 is 10.6 Å². The molecule has 0 heterocycles. The summed E-state index contributed by atoms with van der Waals surface area (Å²) in [7, 11) is 0.708. The Kier molecular flexibility index (Phi) is 6.80. The van der Waals surface area contributed by atoms with Crippen LogP contribution in [0.5, 0.6) is 0 Å². The molecule has 0 aliphatic carbocycles. The lowest BCUT2D eigenvalue weighted by atomic mass is 10.4. The van der Waals surface area contributed by atoms with Crippen molar-refractivity contribution in [3.8, 4) is 0 Å².